The number of aryl methyl sites for hydroxylation is 1. The Morgan fingerprint density at radius 1 is 1.03 bits per heavy atom. The summed E-state index contributed by atoms with van der Waals surface area (Å²) in [6.07, 6.45) is 1.55. The first-order chi connectivity index (χ1) is 16.1. The first kappa shape index (κ1) is 23.4. The molecule has 2 fully saturated rings. The molecule has 3 heterocycles. The summed E-state index contributed by atoms with van der Waals surface area (Å²) in [4.78, 5) is 36.9. The number of nitrogens with zero attached hydrogens (tertiary/aromatic N) is 3. The highest BCUT2D eigenvalue weighted by molar-refractivity contribution is 5.90. The molecule has 2 N–H and O–H groups in total. The number of nitrogens with one attached hydrogen (secondary N) is 2. The molecule has 2 aliphatic heterocycles. The van der Waals surface area contributed by atoms with E-state index in [1.165, 1.54) is 5.56 Å². The molecule has 0 atom stereocenters. The number of rotatable bonds is 8. The van der Waals surface area contributed by atoms with Crippen LogP contribution in [0, 0.1) is 6.92 Å². The first-order valence-electron chi connectivity index (χ1n) is 11.7. The van der Waals surface area contributed by atoms with Gasteiger partial charge in [0.25, 0.3) is 5.56 Å². The minimum Gasteiger partial charge on any atom is -0.379 e. The van der Waals surface area contributed by atoms with Crippen LogP contribution >= 0.6 is 0 Å². The highest BCUT2D eigenvalue weighted by Gasteiger charge is 2.17. The van der Waals surface area contributed by atoms with Gasteiger partial charge in [0.15, 0.2) is 0 Å². The van der Waals surface area contributed by atoms with E-state index in [1.807, 2.05) is 24.0 Å². The summed E-state index contributed by atoms with van der Waals surface area (Å²) in [6, 6.07) is 7.98. The lowest BCUT2D eigenvalue weighted by Gasteiger charge is -2.27. The molecule has 0 saturated carbocycles. The molecule has 2 saturated heterocycles. The van der Waals surface area contributed by atoms with Crippen molar-refractivity contribution in [2.24, 2.45) is 0 Å². The van der Waals surface area contributed by atoms with Gasteiger partial charge in [0.1, 0.15) is 0 Å². The maximum absolute atomic E-state index is 12.6. The van der Waals surface area contributed by atoms with Crippen LogP contribution in [0.4, 0.5) is 11.6 Å². The van der Waals surface area contributed by atoms with Crippen LogP contribution < -0.4 is 15.8 Å². The number of morpholine rings is 2. The van der Waals surface area contributed by atoms with Gasteiger partial charge in [-0.1, -0.05) is 12.1 Å². The topological polar surface area (TPSA) is 99.8 Å². The Morgan fingerprint density at radius 3 is 2.36 bits per heavy atom. The maximum atomic E-state index is 12.6. The number of carbonyl (C=O) groups is 1. The summed E-state index contributed by atoms with van der Waals surface area (Å²) in [7, 11) is 0. The predicted molar refractivity (Wildman–Crippen MR) is 127 cm³/mol. The summed E-state index contributed by atoms with van der Waals surface area (Å²) in [5.41, 5.74) is 3.05. The number of ether oxygens (including phenoxy) is 2. The summed E-state index contributed by atoms with van der Waals surface area (Å²) in [5, 5.41) is 2.93. The van der Waals surface area contributed by atoms with Crippen molar-refractivity contribution in [2.45, 2.75) is 26.2 Å². The van der Waals surface area contributed by atoms with E-state index in [0.29, 0.717) is 49.9 Å². The van der Waals surface area contributed by atoms with Crippen LogP contribution in [0.3, 0.4) is 0 Å². The lowest BCUT2D eigenvalue weighted by Crippen LogP contribution is -2.38. The van der Waals surface area contributed by atoms with Crippen LogP contribution in [0.15, 0.2) is 29.1 Å². The fraction of sp³-hybridized carbons (Fsp3) is 0.542. The number of carbonyl (C=O) groups excluding carboxylic acids is 1. The molecule has 0 aliphatic carbocycles. The molecule has 1 aromatic carbocycles. The fourth-order valence-corrected chi connectivity index (χ4v) is 4.14. The molecule has 9 nitrogen and oxygen atoms in total. The summed E-state index contributed by atoms with van der Waals surface area (Å²) < 4.78 is 10.7. The van der Waals surface area contributed by atoms with Crippen molar-refractivity contribution in [1.82, 2.24) is 14.9 Å². The SMILES string of the molecule is Cc1nc(N2CCOCC2)[nH]c(=O)c1CCC(=O)Nc1ccc(CCN2CCOCC2)cc1. The molecule has 178 valence electrons. The van der Waals surface area contributed by atoms with Crippen molar-refractivity contribution in [3.8, 4) is 0 Å². The number of hydrogen-bond donors (Lipinski definition) is 2. The van der Waals surface area contributed by atoms with Crippen LogP contribution in [0.5, 0.6) is 0 Å². The molecule has 9 heteroatoms. The van der Waals surface area contributed by atoms with Gasteiger partial charge in [-0.05, 0) is 37.5 Å². The van der Waals surface area contributed by atoms with Gasteiger partial charge in [-0.25, -0.2) is 4.98 Å². The predicted octanol–water partition coefficient (Wildman–Crippen LogP) is 1.36. The van der Waals surface area contributed by atoms with Gasteiger partial charge >= 0.3 is 0 Å². The minimum atomic E-state index is -0.179. The summed E-state index contributed by atoms with van der Waals surface area (Å²) in [6.45, 7) is 9.09. The van der Waals surface area contributed by atoms with Gasteiger partial charge in [0.05, 0.1) is 26.4 Å². The van der Waals surface area contributed by atoms with E-state index in [0.717, 1.165) is 45.0 Å². The lowest BCUT2D eigenvalue weighted by atomic mass is 10.1. The van der Waals surface area contributed by atoms with Crippen LogP contribution in [0.25, 0.3) is 0 Å². The molecular weight excluding hydrogens is 422 g/mol. The third-order valence-electron chi connectivity index (χ3n) is 6.18. The molecule has 0 spiro atoms. The first-order valence-corrected chi connectivity index (χ1v) is 11.7. The standard InChI is InChI=1S/C24H33N5O4/c1-18-21(23(31)27-24(25-18)29-12-16-33-17-13-29)6-7-22(30)26-20-4-2-19(3-5-20)8-9-28-10-14-32-15-11-28/h2-5H,6-17H2,1H3,(H,26,30)(H,25,27,31). The highest BCUT2D eigenvalue weighted by Crippen LogP contribution is 2.14. The normalized spacial score (nSPS) is 17.2. The van der Waals surface area contributed by atoms with Crippen molar-refractivity contribution in [3.05, 3.63) is 51.4 Å². The van der Waals surface area contributed by atoms with Crippen LogP contribution in [0.1, 0.15) is 23.2 Å². The molecule has 1 aromatic heterocycles. The number of H-pyrrole nitrogens is 1. The Hall–Kier alpha value is -2.75. The average molecular weight is 456 g/mol. The molecule has 0 unspecified atom stereocenters. The van der Waals surface area contributed by atoms with E-state index in [2.05, 4.69) is 32.3 Å². The third-order valence-corrected chi connectivity index (χ3v) is 6.18. The van der Waals surface area contributed by atoms with E-state index >= 15 is 0 Å². The lowest BCUT2D eigenvalue weighted by molar-refractivity contribution is -0.116. The highest BCUT2D eigenvalue weighted by atomic mass is 16.5. The van der Waals surface area contributed by atoms with Crippen molar-refractivity contribution < 1.29 is 14.3 Å². The number of anilines is 2. The monoisotopic (exact) mass is 455 g/mol. The summed E-state index contributed by atoms with van der Waals surface area (Å²) in [5.74, 6) is 0.454. The van der Waals surface area contributed by atoms with E-state index in [4.69, 9.17) is 9.47 Å². The van der Waals surface area contributed by atoms with Crippen LogP contribution in [0.2, 0.25) is 0 Å². The third kappa shape index (κ3) is 6.63. The second kappa shape index (κ2) is 11.4. The van der Waals surface area contributed by atoms with Gasteiger partial charge in [-0.3, -0.25) is 19.5 Å². The Kier molecular flexibility index (Phi) is 8.09. The number of hydrogen-bond acceptors (Lipinski definition) is 7. The van der Waals surface area contributed by atoms with E-state index in [-0.39, 0.29) is 17.9 Å². The van der Waals surface area contributed by atoms with Gasteiger partial charge in [-0.2, -0.15) is 0 Å². The van der Waals surface area contributed by atoms with Gasteiger partial charge in [-0.15, -0.1) is 0 Å². The number of aromatic amines is 1. The van der Waals surface area contributed by atoms with Gasteiger partial charge in [0.2, 0.25) is 11.9 Å². The number of aromatic nitrogens is 2. The van der Waals surface area contributed by atoms with Crippen LogP contribution in [-0.4, -0.2) is 79.9 Å². The van der Waals surface area contributed by atoms with Crippen molar-refractivity contribution in [2.75, 3.05) is 69.4 Å². The number of benzene rings is 1. The number of amides is 1. The average Bonchev–Trinajstić information content (AvgIpc) is 2.84. The Morgan fingerprint density at radius 2 is 1.70 bits per heavy atom. The zero-order valence-electron chi connectivity index (χ0n) is 19.3. The van der Waals surface area contributed by atoms with E-state index < -0.39 is 0 Å². The fourth-order valence-electron chi connectivity index (χ4n) is 4.14. The molecule has 33 heavy (non-hydrogen) atoms. The quantitative estimate of drug-likeness (QED) is 0.620. The summed E-state index contributed by atoms with van der Waals surface area (Å²) >= 11 is 0. The molecule has 2 aliphatic rings. The Bertz CT molecular complexity index is 979. The second-order valence-corrected chi connectivity index (χ2v) is 8.50. The van der Waals surface area contributed by atoms with Gasteiger partial charge < -0.3 is 19.7 Å². The molecule has 0 bridgehead atoms. The Labute approximate surface area is 194 Å². The zero-order valence-corrected chi connectivity index (χ0v) is 19.3. The van der Waals surface area contributed by atoms with Crippen LogP contribution in [-0.2, 0) is 27.1 Å². The second-order valence-electron chi connectivity index (χ2n) is 8.50. The molecule has 1 amide bonds. The maximum Gasteiger partial charge on any atom is 0.255 e. The minimum absolute atomic E-state index is 0.118. The smallest absolute Gasteiger partial charge is 0.255 e. The van der Waals surface area contributed by atoms with Crippen molar-refractivity contribution >= 4 is 17.5 Å². The largest absolute Gasteiger partial charge is 0.379 e. The van der Waals surface area contributed by atoms with E-state index in [1.54, 1.807) is 0 Å². The molecule has 0 radical (unpaired) electrons. The molecule has 2 aromatic rings. The molecule has 4 rings (SSSR count). The zero-order chi connectivity index (χ0) is 23.0. The van der Waals surface area contributed by atoms with E-state index in [9.17, 15) is 9.59 Å². The van der Waals surface area contributed by atoms with Gasteiger partial charge in [0, 0.05) is 56.1 Å². The molecular formula is C24H33N5O4. The Balaban J connectivity index is 1.26. The van der Waals surface area contributed by atoms with Crippen molar-refractivity contribution in [1.29, 1.82) is 0 Å². The van der Waals surface area contributed by atoms with Crippen molar-refractivity contribution in [3.63, 3.8) is 0 Å².